The Morgan fingerprint density at radius 2 is 1.83 bits per heavy atom. The number of aryl methyl sites for hydroxylation is 2. The van der Waals surface area contributed by atoms with Crippen LogP contribution in [0.1, 0.15) is 16.1 Å². The minimum Gasteiger partial charge on any atom is -0.453 e. The molecule has 1 amide bonds. The van der Waals surface area contributed by atoms with Crippen LogP contribution in [0.4, 0.5) is 10.1 Å². The van der Waals surface area contributed by atoms with Crippen LogP contribution in [0.15, 0.2) is 83.9 Å². The van der Waals surface area contributed by atoms with Gasteiger partial charge in [-0.05, 0) is 48.9 Å². The monoisotopic (exact) mass is 469 g/mol. The molecule has 0 spiro atoms. The molecule has 0 aliphatic carbocycles. The number of carbonyl (C=O) groups is 1. The van der Waals surface area contributed by atoms with E-state index in [4.69, 9.17) is 4.74 Å². The Balaban J connectivity index is 1.39. The third-order valence-corrected chi connectivity index (χ3v) is 5.48. The Morgan fingerprint density at radius 3 is 2.60 bits per heavy atom. The largest absolute Gasteiger partial charge is 0.453 e. The van der Waals surface area contributed by atoms with Gasteiger partial charge in [-0.25, -0.2) is 9.37 Å². The molecule has 35 heavy (non-hydrogen) atoms. The Kier molecular flexibility index (Phi) is 5.58. The van der Waals surface area contributed by atoms with Gasteiger partial charge in [0, 0.05) is 37.3 Å². The van der Waals surface area contributed by atoms with Crippen molar-refractivity contribution in [2.75, 3.05) is 5.32 Å². The van der Waals surface area contributed by atoms with Crippen molar-refractivity contribution >= 4 is 22.6 Å². The van der Waals surface area contributed by atoms with Gasteiger partial charge in [0.05, 0.1) is 11.1 Å². The minimum atomic E-state index is -0.650. The molecule has 3 heterocycles. The summed E-state index contributed by atoms with van der Waals surface area (Å²) in [7, 11) is 1.86. The highest BCUT2D eigenvalue weighted by atomic mass is 19.1. The topological polar surface area (TPSA) is 91.0 Å². The molecule has 5 rings (SSSR count). The van der Waals surface area contributed by atoms with E-state index >= 15 is 0 Å². The van der Waals surface area contributed by atoms with E-state index in [0.29, 0.717) is 22.6 Å². The maximum absolute atomic E-state index is 14.9. The molecule has 5 aromatic rings. The van der Waals surface area contributed by atoms with Crippen molar-refractivity contribution in [3.8, 4) is 17.2 Å². The number of hydrogen-bond acceptors (Lipinski definition) is 5. The summed E-state index contributed by atoms with van der Waals surface area (Å²) in [5, 5.41) is 7.62. The highest BCUT2D eigenvalue weighted by Crippen LogP contribution is 2.31. The number of carbonyl (C=O) groups excluding carboxylic acids is 1. The van der Waals surface area contributed by atoms with Gasteiger partial charge in [0.25, 0.3) is 11.5 Å². The fourth-order valence-corrected chi connectivity index (χ4v) is 3.72. The normalized spacial score (nSPS) is 10.9. The van der Waals surface area contributed by atoms with Gasteiger partial charge in [-0.2, -0.15) is 9.78 Å². The SMILES string of the molecule is Cc1cc(=O)n(-c2ccccc2)nc1C(=O)Nc1ccc(Oc2ccnc3c2ccn3C)c(F)c1. The van der Waals surface area contributed by atoms with Gasteiger partial charge in [-0.15, -0.1) is 0 Å². The van der Waals surface area contributed by atoms with E-state index in [2.05, 4.69) is 15.4 Å². The van der Waals surface area contributed by atoms with E-state index in [0.717, 1.165) is 10.1 Å². The molecule has 1 N–H and O–H groups in total. The molecular weight excluding hydrogens is 449 g/mol. The first-order valence-electron chi connectivity index (χ1n) is 10.8. The van der Waals surface area contributed by atoms with Crippen LogP contribution in [-0.4, -0.2) is 25.2 Å². The molecule has 0 fully saturated rings. The van der Waals surface area contributed by atoms with Gasteiger partial charge in [0.2, 0.25) is 0 Å². The van der Waals surface area contributed by atoms with Crippen LogP contribution in [0, 0.1) is 12.7 Å². The summed E-state index contributed by atoms with van der Waals surface area (Å²) in [6.45, 7) is 1.62. The van der Waals surface area contributed by atoms with E-state index in [1.54, 1.807) is 43.5 Å². The molecule has 174 valence electrons. The molecule has 0 radical (unpaired) electrons. The Bertz CT molecular complexity index is 1630. The maximum atomic E-state index is 14.9. The molecule has 0 aliphatic rings. The van der Waals surface area contributed by atoms with Gasteiger partial charge in [-0.3, -0.25) is 9.59 Å². The summed E-state index contributed by atoms with van der Waals surface area (Å²) in [6.07, 6.45) is 3.44. The lowest BCUT2D eigenvalue weighted by molar-refractivity contribution is 0.102. The first-order chi connectivity index (χ1) is 16.9. The first kappa shape index (κ1) is 22.0. The molecule has 3 aromatic heterocycles. The highest BCUT2D eigenvalue weighted by Gasteiger charge is 2.17. The lowest BCUT2D eigenvalue weighted by atomic mass is 10.2. The van der Waals surface area contributed by atoms with Crippen LogP contribution in [0.2, 0.25) is 0 Å². The number of rotatable bonds is 5. The van der Waals surface area contributed by atoms with Crippen molar-refractivity contribution in [3.05, 3.63) is 107 Å². The number of hydrogen-bond donors (Lipinski definition) is 1. The smallest absolute Gasteiger partial charge is 0.276 e. The quantitative estimate of drug-likeness (QED) is 0.406. The average Bonchev–Trinajstić information content (AvgIpc) is 3.23. The number of anilines is 1. The average molecular weight is 469 g/mol. The predicted molar refractivity (Wildman–Crippen MR) is 130 cm³/mol. The Morgan fingerprint density at radius 1 is 1.03 bits per heavy atom. The summed E-state index contributed by atoms with van der Waals surface area (Å²) in [5.74, 6) is -0.747. The number of halogens is 1. The van der Waals surface area contributed by atoms with Gasteiger partial charge < -0.3 is 14.6 Å². The summed E-state index contributed by atoms with van der Waals surface area (Å²) in [4.78, 5) is 29.6. The van der Waals surface area contributed by atoms with Crippen LogP contribution in [0.3, 0.4) is 0 Å². The second-order valence-electron chi connectivity index (χ2n) is 7.94. The Hall–Kier alpha value is -4.79. The molecule has 0 atom stereocenters. The molecule has 2 aromatic carbocycles. The highest BCUT2D eigenvalue weighted by molar-refractivity contribution is 6.03. The van der Waals surface area contributed by atoms with Gasteiger partial charge in [0.1, 0.15) is 11.4 Å². The number of amides is 1. The number of benzene rings is 2. The Labute approximate surface area is 199 Å². The number of nitrogens with zero attached hydrogens (tertiary/aromatic N) is 4. The van der Waals surface area contributed by atoms with E-state index < -0.39 is 11.7 Å². The second-order valence-corrected chi connectivity index (χ2v) is 7.94. The lowest BCUT2D eigenvalue weighted by Crippen LogP contribution is -2.26. The molecule has 9 heteroatoms. The summed E-state index contributed by atoms with van der Waals surface area (Å²) in [6, 6.07) is 17.8. The summed E-state index contributed by atoms with van der Waals surface area (Å²) in [5.41, 5.74) is 1.57. The van der Waals surface area contributed by atoms with Crippen molar-refractivity contribution in [2.45, 2.75) is 6.92 Å². The molecule has 0 saturated heterocycles. The van der Waals surface area contributed by atoms with Crippen molar-refractivity contribution in [1.29, 1.82) is 0 Å². The minimum absolute atomic E-state index is 0.00582. The zero-order valence-corrected chi connectivity index (χ0v) is 18.9. The van der Waals surface area contributed by atoms with Crippen LogP contribution in [0.25, 0.3) is 16.7 Å². The number of fused-ring (bicyclic) bond motifs is 1. The molecule has 0 aliphatic heterocycles. The van der Waals surface area contributed by atoms with Crippen molar-refractivity contribution in [3.63, 3.8) is 0 Å². The number of pyridine rings is 1. The van der Waals surface area contributed by atoms with E-state index in [1.165, 1.54) is 24.3 Å². The third kappa shape index (κ3) is 4.26. The van der Waals surface area contributed by atoms with E-state index in [1.807, 2.05) is 29.9 Å². The fraction of sp³-hybridized carbons (Fsp3) is 0.0769. The van der Waals surface area contributed by atoms with Gasteiger partial charge in [-0.1, -0.05) is 18.2 Å². The fourth-order valence-electron chi connectivity index (χ4n) is 3.72. The second kappa shape index (κ2) is 8.86. The van der Waals surface area contributed by atoms with Crippen LogP contribution >= 0.6 is 0 Å². The van der Waals surface area contributed by atoms with Crippen molar-refractivity contribution < 1.29 is 13.9 Å². The van der Waals surface area contributed by atoms with Crippen LogP contribution in [-0.2, 0) is 7.05 Å². The van der Waals surface area contributed by atoms with Crippen LogP contribution in [0.5, 0.6) is 11.5 Å². The van der Waals surface area contributed by atoms with Crippen LogP contribution < -0.4 is 15.6 Å². The van der Waals surface area contributed by atoms with Crippen molar-refractivity contribution in [2.24, 2.45) is 7.05 Å². The molecule has 0 bridgehead atoms. The molecule has 0 saturated carbocycles. The predicted octanol–water partition coefficient (Wildman–Crippen LogP) is 4.61. The third-order valence-electron chi connectivity index (χ3n) is 5.48. The van der Waals surface area contributed by atoms with Gasteiger partial charge in [0.15, 0.2) is 17.3 Å². The summed E-state index contributed by atoms with van der Waals surface area (Å²) < 4.78 is 23.6. The number of aromatic nitrogens is 4. The molecule has 8 nitrogen and oxygen atoms in total. The number of nitrogens with one attached hydrogen (secondary N) is 1. The van der Waals surface area contributed by atoms with Gasteiger partial charge >= 0.3 is 0 Å². The maximum Gasteiger partial charge on any atom is 0.276 e. The number of para-hydroxylation sites is 1. The lowest BCUT2D eigenvalue weighted by Gasteiger charge is -2.12. The zero-order chi connectivity index (χ0) is 24.5. The first-order valence-corrected chi connectivity index (χ1v) is 10.8. The summed E-state index contributed by atoms with van der Waals surface area (Å²) >= 11 is 0. The van der Waals surface area contributed by atoms with E-state index in [9.17, 15) is 14.0 Å². The molecule has 0 unspecified atom stereocenters. The van der Waals surface area contributed by atoms with E-state index in [-0.39, 0.29) is 22.7 Å². The zero-order valence-electron chi connectivity index (χ0n) is 18.9. The molecular formula is C26H20FN5O3. The number of ether oxygens (including phenoxy) is 1. The van der Waals surface area contributed by atoms with Crippen molar-refractivity contribution in [1.82, 2.24) is 19.3 Å². The standard InChI is InChI=1S/C26H20FN5O3/c1-16-14-23(33)32(18-6-4-3-5-7-18)30-24(16)26(34)29-17-8-9-22(20(27)15-17)35-21-10-12-28-25-19(21)11-13-31(25)2/h3-15H,1-2H3,(H,29,34).